The molecule has 1 amide bonds. The van der Waals surface area contributed by atoms with Crippen LogP contribution in [0, 0.1) is 6.92 Å². The number of H-pyrrole nitrogens is 1. The van der Waals surface area contributed by atoms with Gasteiger partial charge in [0.25, 0.3) is 5.56 Å². The predicted octanol–water partition coefficient (Wildman–Crippen LogP) is 3.79. The fourth-order valence-corrected chi connectivity index (χ4v) is 3.66. The molecular formula is C22H20ClN3O4. The van der Waals surface area contributed by atoms with Crippen LogP contribution in [0.5, 0.6) is 11.5 Å². The zero-order valence-electron chi connectivity index (χ0n) is 16.5. The number of halogens is 1. The lowest BCUT2D eigenvalue weighted by Crippen LogP contribution is -2.31. The molecule has 3 aromatic rings. The Hall–Kier alpha value is -3.32. The second kappa shape index (κ2) is 8.20. The molecule has 0 bridgehead atoms. The lowest BCUT2D eigenvalue weighted by molar-refractivity contribution is -0.116. The maximum atomic E-state index is 12.6. The molecule has 7 nitrogen and oxygen atoms in total. The summed E-state index contributed by atoms with van der Waals surface area (Å²) < 4.78 is 11.4. The van der Waals surface area contributed by atoms with Gasteiger partial charge in [0, 0.05) is 17.4 Å². The summed E-state index contributed by atoms with van der Waals surface area (Å²) in [6, 6.07) is 12.8. The van der Waals surface area contributed by atoms with Gasteiger partial charge in [0.15, 0.2) is 11.5 Å². The van der Waals surface area contributed by atoms with Crippen LogP contribution >= 0.6 is 11.6 Å². The molecule has 0 saturated carbocycles. The van der Waals surface area contributed by atoms with Crippen LogP contribution in [0.2, 0.25) is 5.02 Å². The molecule has 0 radical (unpaired) electrons. The maximum absolute atomic E-state index is 12.6. The number of methoxy groups -OCH3 is 1. The first-order chi connectivity index (χ1) is 14.4. The summed E-state index contributed by atoms with van der Waals surface area (Å²) in [6.45, 7) is 2.03. The molecule has 4 rings (SSSR count). The third-order valence-corrected chi connectivity index (χ3v) is 5.22. The number of rotatable bonds is 5. The number of nitrogens with zero attached hydrogens (tertiary/aromatic N) is 1. The van der Waals surface area contributed by atoms with E-state index in [0.29, 0.717) is 40.3 Å². The van der Waals surface area contributed by atoms with Gasteiger partial charge in [0.2, 0.25) is 5.91 Å². The molecule has 2 aromatic carbocycles. The lowest BCUT2D eigenvalue weighted by atomic mass is 9.86. The van der Waals surface area contributed by atoms with Crippen LogP contribution in [0.15, 0.2) is 47.3 Å². The van der Waals surface area contributed by atoms with Crippen molar-refractivity contribution in [2.45, 2.75) is 25.9 Å². The Morgan fingerprint density at radius 3 is 2.63 bits per heavy atom. The number of aromatic amines is 1. The van der Waals surface area contributed by atoms with Crippen molar-refractivity contribution in [3.63, 3.8) is 0 Å². The molecule has 0 spiro atoms. The summed E-state index contributed by atoms with van der Waals surface area (Å²) in [5.74, 6) is 1.22. The smallest absolute Gasteiger partial charge is 0.256 e. The molecule has 1 aromatic heterocycles. The molecule has 2 N–H and O–H groups in total. The van der Waals surface area contributed by atoms with E-state index in [1.165, 1.54) is 0 Å². The highest BCUT2D eigenvalue weighted by Gasteiger charge is 2.31. The second-order valence-corrected chi connectivity index (χ2v) is 7.48. The van der Waals surface area contributed by atoms with Crippen LogP contribution in [0.4, 0.5) is 5.82 Å². The standard InChI is InChI=1S/C22H20ClN3O4/c1-12-24-21-20(22(28)25-12)16(10-19(27)26-21)14-5-8-17(18(9-14)29-2)30-11-13-3-6-15(23)7-4-13/h3-9,16H,10-11H2,1-2H3,(H2,24,25,26,27,28). The van der Waals surface area contributed by atoms with Crippen LogP contribution < -0.4 is 20.3 Å². The minimum atomic E-state index is -0.426. The van der Waals surface area contributed by atoms with E-state index in [0.717, 1.165) is 11.1 Å². The molecule has 1 unspecified atom stereocenters. The Morgan fingerprint density at radius 2 is 1.90 bits per heavy atom. The molecule has 1 aliphatic rings. The van der Waals surface area contributed by atoms with Gasteiger partial charge in [-0.15, -0.1) is 0 Å². The molecule has 2 heterocycles. The highest BCUT2D eigenvalue weighted by atomic mass is 35.5. The number of anilines is 1. The van der Waals surface area contributed by atoms with Crippen molar-refractivity contribution in [3.8, 4) is 11.5 Å². The first kappa shape index (κ1) is 20.0. The molecule has 1 atom stereocenters. The number of hydrogen-bond donors (Lipinski definition) is 2. The third kappa shape index (κ3) is 4.02. The first-order valence-electron chi connectivity index (χ1n) is 9.40. The van der Waals surface area contributed by atoms with E-state index in [2.05, 4.69) is 15.3 Å². The summed E-state index contributed by atoms with van der Waals surface area (Å²) in [6.07, 6.45) is 0.148. The lowest BCUT2D eigenvalue weighted by Gasteiger charge is -2.25. The Labute approximate surface area is 178 Å². The molecule has 1 aliphatic heterocycles. The van der Waals surface area contributed by atoms with Gasteiger partial charge in [-0.1, -0.05) is 29.8 Å². The summed E-state index contributed by atoms with van der Waals surface area (Å²) >= 11 is 5.92. The number of aromatic nitrogens is 2. The van der Waals surface area contributed by atoms with E-state index in [9.17, 15) is 9.59 Å². The number of aryl methyl sites for hydroxylation is 1. The summed E-state index contributed by atoms with van der Waals surface area (Å²) in [4.78, 5) is 31.8. The van der Waals surface area contributed by atoms with Gasteiger partial charge in [-0.2, -0.15) is 0 Å². The van der Waals surface area contributed by atoms with Crippen LogP contribution in [-0.2, 0) is 11.4 Å². The van der Waals surface area contributed by atoms with Crippen LogP contribution in [-0.4, -0.2) is 23.0 Å². The number of hydrogen-bond acceptors (Lipinski definition) is 5. The van der Waals surface area contributed by atoms with Gasteiger partial charge in [0.1, 0.15) is 18.2 Å². The van der Waals surface area contributed by atoms with Gasteiger partial charge in [-0.05, 0) is 42.3 Å². The van der Waals surface area contributed by atoms with Crippen molar-refractivity contribution in [1.29, 1.82) is 0 Å². The number of amides is 1. The number of carbonyl (C=O) groups is 1. The van der Waals surface area contributed by atoms with Gasteiger partial charge in [-0.25, -0.2) is 4.98 Å². The molecule has 0 aliphatic carbocycles. The Kier molecular flexibility index (Phi) is 5.46. The van der Waals surface area contributed by atoms with E-state index < -0.39 is 5.92 Å². The fourth-order valence-electron chi connectivity index (χ4n) is 3.53. The average molecular weight is 426 g/mol. The molecular weight excluding hydrogens is 406 g/mol. The van der Waals surface area contributed by atoms with Crippen LogP contribution in [0.3, 0.4) is 0 Å². The van der Waals surface area contributed by atoms with Crippen molar-refractivity contribution in [2.75, 3.05) is 12.4 Å². The normalized spacial score (nSPS) is 15.3. The van der Waals surface area contributed by atoms with Crippen LogP contribution in [0.25, 0.3) is 0 Å². The Bertz CT molecular complexity index is 1160. The Balaban J connectivity index is 1.64. The average Bonchev–Trinajstić information content (AvgIpc) is 2.72. The number of benzene rings is 2. The van der Waals surface area contributed by atoms with Crippen molar-refractivity contribution >= 4 is 23.3 Å². The molecule has 30 heavy (non-hydrogen) atoms. The van der Waals surface area contributed by atoms with E-state index in [1.807, 2.05) is 18.2 Å². The maximum Gasteiger partial charge on any atom is 0.256 e. The number of carbonyl (C=O) groups excluding carboxylic acids is 1. The molecule has 154 valence electrons. The highest BCUT2D eigenvalue weighted by Crippen LogP contribution is 2.38. The Morgan fingerprint density at radius 1 is 1.13 bits per heavy atom. The third-order valence-electron chi connectivity index (χ3n) is 4.97. The quantitative estimate of drug-likeness (QED) is 0.648. The van der Waals surface area contributed by atoms with Crippen molar-refractivity contribution in [3.05, 3.63) is 80.4 Å². The van der Waals surface area contributed by atoms with Crippen molar-refractivity contribution < 1.29 is 14.3 Å². The minimum absolute atomic E-state index is 0.148. The summed E-state index contributed by atoms with van der Waals surface area (Å²) in [5.41, 5.74) is 1.93. The summed E-state index contributed by atoms with van der Waals surface area (Å²) in [7, 11) is 1.55. The largest absolute Gasteiger partial charge is 0.493 e. The van der Waals surface area contributed by atoms with E-state index >= 15 is 0 Å². The van der Waals surface area contributed by atoms with Gasteiger partial charge in [0.05, 0.1) is 12.7 Å². The highest BCUT2D eigenvalue weighted by molar-refractivity contribution is 6.30. The van der Waals surface area contributed by atoms with Gasteiger partial charge >= 0.3 is 0 Å². The van der Waals surface area contributed by atoms with Gasteiger partial charge in [-0.3, -0.25) is 9.59 Å². The topological polar surface area (TPSA) is 93.3 Å². The monoisotopic (exact) mass is 425 g/mol. The van der Waals surface area contributed by atoms with E-state index in [-0.39, 0.29) is 17.9 Å². The van der Waals surface area contributed by atoms with E-state index in [4.69, 9.17) is 21.1 Å². The molecule has 8 heteroatoms. The van der Waals surface area contributed by atoms with Crippen molar-refractivity contribution in [1.82, 2.24) is 9.97 Å². The first-order valence-corrected chi connectivity index (χ1v) is 9.78. The zero-order valence-corrected chi connectivity index (χ0v) is 17.2. The number of nitrogens with one attached hydrogen (secondary N) is 2. The van der Waals surface area contributed by atoms with Gasteiger partial charge < -0.3 is 19.8 Å². The zero-order chi connectivity index (χ0) is 21.3. The van der Waals surface area contributed by atoms with Crippen molar-refractivity contribution in [2.24, 2.45) is 0 Å². The molecule has 0 fully saturated rings. The predicted molar refractivity (Wildman–Crippen MR) is 113 cm³/mol. The second-order valence-electron chi connectivity index (χ2n) is 7.04. The minimum Gasteiger partial charge on any atom is -0.493 e. The number of ether oxygens (including phenoxy) is 2. The SMILES string of the molecule is COc1cc(C2CC(=O)Nc3nc(C)[nH]c(=O)c32)ccc1OCc1ccc(Cl)cc1. The van der Waals surface area contributed by atoms with Crippen LogP contribution in [0.1, 0.15) is 34.9 Å². The molecule has 0 saturated heterocycles. The van der Waals surface area contributed by atoms with E-state index in [1.54, 1.807) is 38.3 Å². The fraction of sp³-hybridized carbons (Fsp3) is 0.227. The summed E-state index contributed by atoms with van der Waals surface area (Å²) in [5, 5.41) is 3.35. The number of fused-ring (bicyclic) bond motifs is 1.